The third-order valence-electron chi connectivity index (χ3n) is 2.92. The summed E-state index contributed by atoms with van der Waals surface area (Å²) in [5.74, 6) is -0.536. The van der Waals surface area contributed by atoms with Crippen LogP contribution in [0.3, 0.4) is 0 Å². The van der Waals surface area contributed by atoms with Crippen molar-refractivity contribution >= 4 is 28.9 Å². The van der Waals surface area contributed by atoms with Crippen LogP contribution in [0.4, 0.5) is 10.1 Å². The van der Waals surface area contributed by atoms with Gasteiger partial charge in [-0.25, -0.2) is 4.39 Å². The Morgan fingerprint density at radius 3 is 2.70 bits per heavy atom. The third-order valence-corrected chi connectivity index (χ3v) is 3.75. The minimum Gasteiger partial charge on any atom is -0.378 e. The molecule has 5 heteroatoms. The Balaban J connectivity index is 2.26. The standard InChI is InChI=1S/C15H11Cl2FN2/c1-9(12-3-2-4-13(16)15(12)17)20-11-5-6-14(18)10(7-11)8-19/h2-7,9,20H,1H3. The summed E-state index contributed by atoms with van der Waals surface area (Å²) in [6.45, 7) is 1.91. The van der Waals surface area contributed by atoms with Gasteiger partial charge in [0.1, 0.15) is 11.9 Å². The van der Waals surface area contributed by atoms with E-state index in [0.29, 0.717) is 15.7 Å². The number of benzene rings is 2. The number of hydrogen-bond donors (Lipinski definition) is 1. The molecule has 0 aliphatic carbocycles. The van der Waals surface area contributed by atoms with Crippen molar-refractivity contribution in [2.75, 3.05) is 5.32 Å². The molecular weight excluding hydrogens is 298 g/mol. The Morgan fingerprint density at radius 2 is 2.00 bits per heavy atom. The van der Waals surface area contributed by atoms with E-state index < -0.39 is 5.82 Å². The summed E-state index contributed by atoms with van der Waals surface area (Å²) in [5, 5.41) is 12.9. The highest BCUT2D eigenvalue weighted by Gasteiger charge is 2.12. The van der Waals surface area contributed by atoms with E-state index in [2.05, 4.69) is 5.32 Å². The molecule has 0 amide bonds. The van der Waals surface area contributed by atoms with Crippen molar-refractivity contribution in [3.63, 3.8) is 0 Å². The Labute approximate surface area is 126 Å². The number of nitriles is 1. The summed E-state index contributed by atoms with van der Waals surface area (Å²) in [6, 6.07) is 11.4. The molecule has 0 saturated carbocycles. The smallest absolute Gasteiger partial charge is 0.141 e. The van der Waals surface area contributed by atoms with E-state index in [4.69, 9.17) is 28.5 Å². The molecule has 2 rings (SSSR count). The lowest BCUT2D eigenvalue weighted by Gasteiger charge is -2.17. The number of hydrogen-bond acceptors (Lipinski definition) is 2. The molecule has 2 nitrogen and oxygen atoms in total. The van der Waals surface area contributed by atoms with Crippen LogP contribution < -0.4 is 5.32 Å². The van der Waals surface area contributed by atoms with Crippen LogP contribution in [0.15, 0.2) is 36.4 Å². The Morgan fingerprint density at radius 1 is 1.25 bits per heavy atom. The van der Waals surface area contributed by atoms with E-state index in [1.165, 1.54) is 12.1 Å². The summed E-state index contributed by atoms with van der Waals surface area (Å²) in [5.41, 5.74) is 1.48. The first kappa shape index (κ1) is 14.6. The number of rotatable bonds is 3. The molecule has 0 fully saturated rings. The van der Waals surface area contributed by atoms with Crippen molar-refractivity contribution in [3.05, 3.63) is 63.4 Å². The largest absolute Gasteiger partial charge is 0.378 e. The lowest BCUT2D eigenvalue weighted by Crippen LogP contribution is -2.07. The lowest BCUT2D eigenvalue weighted by molar-refractivity contribution is 0.624. The van der Waals surface area contributed by atoms with Gasteiger partial charge in [0.05, 0.1) is 21.7 Å². The van der Waals surface area contributed by atoms with Gasteiger partial charge >= 0.3 is 0 Å². The van der Waals surface area contributed by atoms with Crippen LogP contribution in [-0.2, 0) is 0 Å². The summed E-state index contributed by atoms with van der Waals surface area (Å²) >= 11 is 12.1. The molecule has 2 aromatic rings. The molecule has 1 atom stereocenters. The van der Waals surface area contributed by atoms with Gasteiger partial charge in [-0.2, -0.15) is 5.26 Å². The zero-order valence-corrected chi connectivity index (χ0v) is 12.1. The quantitative estimate of drug-likeness (QED) is 0.848. The molecule has 0 aliphatic rings. The monoisotopic (exact) mass is 308 g/mol. The fraction of sp³-hybridized carbons (Fsp3) is 0.133. The van der Waals surface area contributed by atoms with Crippen molar-refractivity contribution in [1.82, 2.24) is 0 Å². The van der Waals surface area contributed by atoms with E-state index in [9.17, 15) is 4.39 Å². The van der Waals surface area contributed by atoms with Crippen LogP contribution in [-0.4, -0.2) is 0 Å². The molecule has 0 saturated heterocycles. The second-order valence-electron chi connectivity index (χ2n) is 4.32. The van der Waals surface area contributed by atoms with Crippen LogP contribution in [0.1, 0.15) is 24.1 Å². The van der Waals surface area contributed by atoms with E-state index >= 15 is 0 Å². The molecule has 0 aromatic heterocycles. The minimum absolute atomic E-state index is 0.000564. The van der Waals surface area contributed by atoms with Crippen LogP contribution in [0.2, 0.25) is 10.0 Å². The molecule has 2 aromatic carbocycles. The van der Waals surface area contributed by atoms with Crippen molar-refractivity contribution in [2.45, 2.75) is 13.0 Å². The first-order valence-corrected chi connectivity index (χ1v) is 6.68. The predicted octanol–water partition coefficient (Wildman–Crippen LogP) is 5.18. The highest BCUT2D eigenvalue weighted by atomic mass is 35.5. The normalized spacial score (nSPS) is 11.8. The number of nitrogens with zero attached hydrogens (tertiary/aromatic N) is 1. The molecule has 0 bridgehead atoms. The fourth-order valence-corrected chi connectivity index (χ4v) is 2.35. The van der Waals surface area contributed by atoms with Gasteiger partial charge in [-0.1, -0.05) is 35.3 Å². The van der Waals surface area contributed by atoms with Gasteiger partial charge in [0, 0.05) is 5.69 Å². The van der Waals surface area contributed by atoms with Crippen LogP contribution in [0.5, 0.6) is 0 Å². The summed E-state index contributed by atoms with van der Waals surface area (Å²) in [4.78, 5) is 0. The van der Waals surface area contributed by atoms with Crippen molar-refractivity contribution in [3.8, 4) is 6.07 Å². The van der Waals surface area contributed by atoms with Crippen molar-refractivity contribution in [2.24, 2.45) is 0 Å². The van der Waals surface area contributed by atoms with Gasteiger partial charge in [-0.05, 0) is 36.8 Å². The van der Waals surface area contributed by atoms with Crippen LogP contribution >= 0.6 is 23.2 Å². The van der Waals surface area contributed by atoms with Crippen LogP contribution in [0, 0.1) is 17.1 Å². The van der Waals surface area contributed by atoms with Gasteiger partial charge in [-0.3, -0.25) is 0 Å². The highest BCUT2D eigenvalue weighted by molar-refractivity contribution is 6.42. The molecular formula is C15H11Cl2FN2. The van der Waals surface area contributed by atoms with E-state index in [1.54, 1.807) is 18.2 Å². The molecule has 0 aliphatic heterocycles. The highest BCUT2D eigenvalue weighted by Crippen LogP contribution is 2.31. The summed E-state index contributed by atoms with van der Waals surface area (Å²) < 4.78 is 13.3. The average molecular weight is 309 g/mol. The Kier molecular flexibility index (Phi) is 4.49. The first-order valence-electron chi connectivity index (χ1n) is 5.93. The van der Waals surface area contributed by atoms with Gasteiger partial charge < -0.3 is 5.32 Å². The average Bonchev–Trinajstić information content (AvgIpc) is 2.43. The second kappa shape index (κ2) is 6.13. The Hall–Kier alpha value is -1.76. The molecule has 0 heterocycles. The fourth-order valence-electron chi connectivity index (χ4n) is 1.88. The van der Waals surface area contributed by atoms with E-state index in [-0.39, 0.29) is 11.6 Å². The Bertz CT molecular complexity index is 680. The number of anilines is 1. The zero-order valence-electron chi connectivity index (χ0n) is 10.6. The molecule has 102 valence electrons. The van der Waals surface area contributed by atoms with Gasteiger partial charge in [0.15, 0.2) is 0 Å². The summed E-state index contributed by atoms with van der Waals surface area (Å²) in [7, 11) is 0. The maximum atomic E-state index is 13.3. The van der Waals surface area contributed by atoms with Gasteiger partial charge in [0.2, 0.25) is 0 Å². The molecule has 20 heavy (non-hydrogen) atoms. The topological polar surface area (TPSA) is 35.8 Å². The maximum absolute atomic E-state index is 13.3. The number of nitrogens with one attached hydrogen (secondary N) is 1. The van der Waals surface area contributed by atoms with Crippen LogP contribution in [0.25, 0.3) is 0 Å². The number of halogens is 3. The van der Waals surface area contributed by atoms with Crippen molar-refractivity contribution < 1.29 is 4.39 Å². The SMILES string of the molecule is CC(Nc1ccc(F)c(C#N)c1)c1cccc(Cl)c1Cl. The molecule has 0 radical (unpaired) electrons. The predicted molar refractivity (Wildman–Crippen MR) is 79.6 cm³/mol. The maximum Gasteiger partial charge on any atom is 0.141 e. The minimum atomic E-state index is -0.536. The van der Waals surface area contributed by atoms with E-state index in [1.807, 2.05) is 19.1 Å². The van der Waals surface area contributed by atoms with Gasteiger partial charge in [0.25, 0.3) is 0 Å². The molecule has 0 spiro atoms. The van der Waals surface area contributed by atoms with E-state index in [0.717, 1.165) is 5.56 Å². The second-order valence-corrected chi connectivity index (χ2v) is 5.10. The third kappa shape index (κ3) is 3.04. The van der Waals surface area contributed by atoms with Crippen molar-refractivity contribution in [1.29, 1.82) is 5.26 Å². The lowest BCUT2D eigenvalue weighted by atomic mass is 10.1. The summed E-state index contributed by atoms with van der Waals surface area (Å²) in [6.07, 6.45) is 0. The van der Waals surface area contributed by atoms with Gasteiger partial charge in [-0.15, -0.1) is 0 Å². The molecule has 1 unspecified atom stereocenters. The first-order chi connectivity index (χ1) is 9.52. The zero-order chi connectivity index (χ0) is 14.7. The molecule has 1 N–H and O–H groups in total.